The van der Waals surface area contributed by atoms with E-state index >= 15 is 0 Å². The zero-order chi connectivity index (χ0) is 16.8. The molecule has 1 aliphatic rings. The summed E-state index contributed by atoms with van der Waals surface area (Å²) in [6.45, 7) is 3.14. The Morgan fingerprint density at radius 3 is 2.84 bits per heavy atom. The van der Waals surface area contributed by atoms with Gasteiger partial charge >= 0.3 is 0 Å². The number of anilines is 2. The number of ether oxygens (including phenoxy) is 2. The average Bonchev–Trinajstić information content (AvgIpc) is 3.13. The molecule has 0 bridgehead atoms. The van der Waals surface area contributed by atoms with Crippen molar-refractivity contribution in [1.82, 2.24) is 25.0 Å². The van der Waals surface area contributed by atoms with Crippen molar-refractivity contribution in [2.75, 3.05) is 18.5 Å². The molecule has 0 radical (unpaired) electrons. The van der Waals surface area contributed by atoms with Crippen LogP contribution in [0, 0.1) is 6.92 Å². The van der Waals surface area contributed by atoms with E-state index < -0.39 is 0 Å². The van der Waals surface area contributed by atoms with Gasteiger partial charge in [-0.25, -0.2) is 4.98 Å². The van der Waals surface area contributed by atoms with E-state index in [9.17, 15) is 0 Å². The summed E-state index contributed by atoms with van der Waals surface area (Å²) in [5.74, 6) is 2.04. The van der Waals surface area contributed by atoms with Crippen LogP contribution < -0.4 is 14.8 Å². The molecule has 1 N–H and O–H groups in total. The highest BCUT2D eigenvalue weighted by atomic mass is 16.6. The Kier molecular flexibility index (Phi) is 2.96. The molecule has 0 aliphatic carbocycles. The van der Waals surface area contributed by atoms with Gasteiger partial charge in [0.25, 0.3) is 0 Å². The fourth-order valence-corrected chi connectivity index (χ4v) is 2.91. The molecule has 8 heteroatoms. The van der Waals surface area contributed by atoms with E-state index in [1.165, 1.54) is 0 Å². The van der Waals surface area contributed by atoms with Gasteiger partial charge < -0.3 is 14.8 Å². The van der Waals surface area contributed by atoms with E-state index in [0.717, 1.165) is 28.0 Å². The second-order valence-electron chi connectivity index (χ2n) is 5.85. The van der Waals surface area contributed by atoms with Gasteiger partial charge in [-0.1, -0.05) is 6.07 Å². The molecule has 124 valence electrons. The zero-order valence-electron chi connectivity index (χ0n) is 13.4. The van der Waals surface area contributed by atoms with Crippen molar-refractivity contribution >= 4 is 28.2 Å². The summed E-state index contributed by atoms with van der Waals surface area (Å²) in [5.41, 5.74) is 4.19. The Morgan fingerprint density at radius 1 is 1.04 bits per heavy atom. The van der Waals surface area contributed by atoms with Crippen LogP contribution in [0.15, 0.2) is 36.4 Å². The topological polar surface area (TPSA) is 86.5 Å². The van der Waals surface area contributed by atoms with E-state index in [-0.39, 0.29) is 0 Å². The maximum absolute atomic E-state index is 5.63. The number of aryl methyl sites for hydroxylation is 1. The molecule has 8 nitrogen and oxygen atoms in total. The molecular formula is C17H14N6O2. The third kappa shape index (κ3) is 2.30. The predicted molar refractivity (Wildman–Crippen MR) is 91.5 cm³/mol. The second kappa shape index (κ2) is 5.30. The molecule has 3 heterocycles. The Morgan fingerprint density at radius 2 is 1.92 bits per heavy atom. The molecule has 2 aromatic heterocycles. The second-order valence-corrected chi connectivity index (χ2v) is 5.85. The molecule has 0 spiro atoms. The summed E-state index contributed by atoms with van der Waals surface area (Å²) in [7, 11) is 0. The van der Waals surface area contributed by atoms with Crippen LogP contribution in [0.5, 0.6) is 11.5 Å². The normalized spacial score (nSPS) is 13.3. The number of nitrogens with one attached hydrogen (secondary N) is 1. The van der Waals surface area contributed by atoms with Gasteiger partial charge in [-0.15, -0.1) is 5.10 Å². The molecule has 25 heavy (non-hydrogen) atoms. The lowest BCUT2D eigenvalue weighted by Gasteiger charge is -2.19. The summed E-state index contributed by atoms with van der Waals surface area (Å²) < 4.78 is 12.9. The molecule has 1 aliphatic heterocycles. The summed E-state index contributed by atoms with van der Waals surface area (Å²) in [5, 5.41) is 15.3. The first-order valence-corrected chi connectivity index (χ1v) is 7.93. The number of hydrogen-bond donors (Lipinski definition) is 1. The summed E-state index contributed by atoms with van der Waals surface area (Å²) in [6.07, 6.45) is 0. The molecule has 0 fully saturated rings. The third-order valence-corrected chi connectivity index (χ3v) is 4.08. The number of tetrazole rings is 1. The van der Waals surface area contributed by atoms with Crippen molar-refractivity contribution in [2.24, 2.45) is 0 Å². The minimum Gasteiger partial charge on any atom is -0.486 e. The molecule has 2 aromatic carbocycles. The number of fused-ring (bicyclic) bond motifs is 4. The van der Waals surface area contributed by atoms with E-state index in [1.807, 2.05) is 43.3 Å². The molecule has 0 amide bonds. The van der Waals surface area contributed by atoms with Crippen molar-refractivity contribution in [3.63, 3.8) is 0 Å². The highest BCUT2D eigenvalue weighted by Gasteiger charge is 2.15. The van der Waals surface area contributed by atoms with Gasteiger partial charge in [-0.05, 0) is 47.2 Å². The molecule has 0 atom stereocenters. The van der Waals surface area contributed by atoms with Crippen molar-refractivity contribution in [1.29, 1.82) is 0 Å². The fraction of sp³-hybridized carbons (Fsp3) is 0.176. The first kappa shape index (κ1) is 14.0. The van der Waals surface area contributed by atoms with E-state index in [0.29, 0.717) is 30.4 Å². The van der Waals surface area contributed by atoms with Gasteiger partial charge in [0.15, 0.2) is 17.3 Å². The van der Waals surface area contributed by atoms with Crippen LogP contribution in [0.1, 0.15) is 5.56 Å². The van der Waals surface area contributed by atoms with Gasteiger partial charge in [0, 0.05) is 11.8 Å². The SMILES string of the molecule is Cc1ccc2nc(Nc3ccc4c(c3)OCCO4)c3nnnn3c2c1. The highest BCUT2D eigenvalue weighted by molar-refractivity contribution is 5.84. The molecule has 0 saturated heterocycles. The van der Waals surface area contributed by atoms with Gasteiger partial charge in [0.2, 0.25) is 5.65 Å². The molecule has 0 saturated carbocycles. The number of rotatable bonds is 2. The number of hydrogen-bond acceptors (Lipinski definition) is 7. The van der Waals surface area contributed by atoms with Crippen LogP contribution >= 0.6 is 0 Å². The first-order valence-electron chi connectivity index (χ1n) is 7.93. The van der Waals surface area contributed by atoms with Crippen LogP contribution in [-0.4, -0.2) is 38.2 Å². The van der Waals surface area contributed by atoms with Gasteiger partial charge in [0.1, 0.15) is 13.2 Å². The number of nitrogens with zero attached hydrogens (tertiary/aromatic N) is 5. The lowest BCUT2D eigenvalue weighted by Crippen LogP contribution is -2.15. The highest BCUT2D eigenvalue weighted by Crippen LogP contribution is 2.34. The first-order chi connectivity index (χ1) is 12.3. The van der Waals surface area contributed by atoms with Crippen LogP contribution in [0.3, 0.4) is 0 Å². The van der Waals surface area contributed by atoms with Crippen LogP contribution in [-0.2, 0) is 0 Å². The standard InChI is InChI=1S/C17H14N6O2/c1-10-2-4-12-13(8-10)23-17(20-21-22-23)16(19-12)18-11-3-5-14-15(9-11)25-7-6-24-14/h2-5,8-9H,6-7H2,1H3,(H,18,19). The average molecular weight is 334 g/mol. The van der Waals surface area contributed by atoms with Crippen molar-refractivity contribution < 1.29 is 9.47 Å². The van der Waals surface area contributed by atoms with Crippen LogP contribution in [0.2, 0.25) is 0 Å². The summed E-state index contributed by atoms with van der Waals surface area (Å²) in [6, 6.07) is 11.7. The smallest absolute Gasteiger partial charge is 0.222 e. The zero-order valence-corrected chi connectivity index (χ0v) is 13.4. The minimum absolute atomic E-state index is 0.544. The molecular weight excluding hydrogens is 320 g/mol. The molecule has 0 unspecified atom stereocenters. The van der Waals surface area contributed by atoms with Gasteiger partial charge in [0.05, 0.1) is 11.0 Å². The minimum atomic E-state index is 0.544. The van der Waals surface area contributed by atoms with E-state index in [4.69, 9.17) is 9.47 Å². The molecule has 4 aromatic rings. The Bertz CT molecular complexity index is 1110. The van der Waals surface area contributed by atoms with E-state index in [1.54, 1.807) is 4.52 Å². The van der Waals surface area contributed by atoms with Crippen molar-refractivity contribution in [3.8, 4) is 11.5 Å². The number of benzene rings is 2. The monoisotopic (exact) mass is 334 g/mol. The Labute approximate surface area is 142 Å². The van der Waals surface area contributed by atoms with Gasteiger partial charge in [-0.3, -0.25) is 0 Å². The maximum atomic E-state index is 5.63. The molecule has 5 rings (SSSR count). The largest absolute Gasteiger partial charge is 0.486 e. The van der Waals surface area contributed by atoms with Gasteiger partial charge in [-0.2, -0.15) is 4.52 Å². The van der Waals surface area contributed by atoms with Crippen molar-refractivity contribution in [2.45, 2.75) is 6.92 Å². The summed E-state index contributed by atoms with van der Waals surface area (Å²) >= 11 is 0. The number of aromatic nitrogens is 5. The third-order valence-electron chi connectivity index (χ3n) is 4.08. The fourth-order valence-electron chi connectivity index (χ4n) is 2.91. The van der Waals surface area contributed by atoms with E-state index in [2.05, 4.69) is 25.8 Å². The Balaban J connectivity index is 1.62. The van der Waals surface area contributed by atoms with Crippen LogP contribution in [0.4, 0.5) is 11.5 Å². The quantitative estimate of drug-likeness (QED) is 0.602. The summed E-state index contributed by atoms with van der Waals surface area (Å²) in [4.78, 5) is 4.68. The maximum Gasteiger partial charge on any atom is 0.222 e. The van der Waals surface area contributed by atoms with Crippen molar-refractivity contribution in [3.05, 3.63) is 42.0 Å². The lowest BCUT2D eigenvalue weighted by molar-refractivity contribution is 0.171. The lowest BCUT2D eigenvalue weighted by atomic mass is 10.2. The Hall–Kier alpha value is -3.42. The van der Waals surface area contributed by atoms with Crippen LogP contribution in [0.25, 0.3) is 16.7 Å². The predicted octanol–water partition coefficient (Wildman–Crippen LogP) is 2.50.